The van der Waals surface area contributed by atoms with Gasteiger partial charge in [0, 0.05) is 70.7 Å². The molecular weight excluding hydrogens is 368 g/mol. The molecule has 30 heavy (non-hydrogen) atoms. The fourth-order valence-electron chi connectivity index (χ4n) is 4.37. The maximum absolute atomic E-state index is 3.39. The number of benzene rings is 2. The summed E-state index contributed by atoms with van der Waals surface area (Å²) in [6, 6.07) is 19.2. The first-order valence-corrected chi connectivity index (χ1v) is 10.8. The second-order valence-electron chi connectivity index (χ2n) is 8.57. The first-order chi connectivity index (χ1) is 14.6. The van der Waals surface area contributed by atoms with Crippen LogP contribution in [0.1, 0.15) is 17.5 Å². The molecule has 0 radical (unpaired) electrons. The van der Waals surface area contributed by atoms with Crippen molar-refractivity contribution in [3.05, 3.63) is 77.0 Å². The van der Waals surface area contributed by atoms with Gasteiger partial charge in [-0.05, 0) is 35.4 Å². The summed E-state index contributed by atoms with van der Waals surface area (Å²) in [7, 11) is 6.35. The lowest BCUT2D eigenvalue weighted by atomic mass is 10.0. The quantitative estimate of drug-likeness (QED) is 0.729. The maximum atomic E-state index is 3.39. The number of rotatable bonds is 4. The number of hydrogen-bond acceptors (Lipinski definition) is 4. The summed E-state index contributed by atoms with van der Waals surface area (Å²) in [5, 5.41) is 0. The standard InChI is InChI=1S/C26H32N4/c1-27(2)25-13-11-22(12-14-25)10-7-16-29-17-15-26-24(19-29)20-30(21-28(26)3)18-23-8-5-4-6-9-23/h4-6,8-9,11-14H,15-21H2,1-3H3. The molecule has 0 atom stereocenters. The molecule has 0 unspecified atom stereocenters. The molecule has 2 aliphatic rings. The van der Waals surface area contributed by atoms with E-state index in [1.165, 1.54) is 11.3 Å². The largest absolute Gasteiger partial charge is 0.378 e. The maximum Gasteiger partial charge on any atom is 0.0706 e. The van der Waals surface area contributed by atoms with E-state index in [4.69, 9.17) is 0 Å². The van der Waals surface area contributed by atoms with E-state index < -0.39 is 0 Å². The van der Waals surface area contributed by atoms with Crippen molar-refractivity contribution in [1.82, 2.24) is 14.7 Å². The summed E-state index contributed by atoms with van der Waals surface area (Å²) >= 11 is 0. The van der Waals surface area contributed by atoms with Crippen molar-refractivity contribution in [2.45, 2.75) is 13.0 Å². The summed E-state index contributed by atoms with van der Waals surface area (Å²) in [6.07, 6.45) is 1.13. The van der Waals surface area contributed by atoms with Gasteiger partial charge in [0.05, 0.1) is 13.2 Å². The molecule has 0 bridgehead atoms. The Hall–Kier alpha value is -2.74. The first-order valence-electron chi connectivity index (χ1n) is 10.8. The van der Waals surface area contributed by atoms with Crippen molar-refractivity contribution in [1.29, 1.82) is 0 Å². The Morgan fingerprint density at radius 3 is 2.40 bits per heavy atom. The highest BCUT2D eigenvalue weighted by Gasteiger charge is 2.27. The Balaban J connectivity index is 1.35. The highest BCUT2D eigenvalue weighted by molar-refractivity contribution is 5.49. The van der Waals surface area contributed by atoms with Crippen LogP contribution < -0.4 is 4.90 Å². The fraction of sp³-hybridized carbons (Fsp3) is 0.385. The minimum atomic E-state index is 0.828. The Bertz CT molecular complexity index is 934. The van der Waals surface area contributed by atoms with Gasteiger partial charge in [-0.1, -0.05) is 42.2 Å². The third-order valence-electron chi connectivity index (χ3n) is 5.94. The molecule has 4 nitrogen and oxygen atoms in total. The minimum Gasteiger partial charge on any atom is -0.378 e. The van der Waals surface area contributed by atoms with Gasteiger partial charge in [0.2, 0.25) is 0 Å². The predicted molar refractivity (Wildman–Crippen MR) is 125 cm³/mol. The number of hydrogen-bond donors (Lipinski definition) is 0. The fourth-order valence-corrected chi connectivity index (χ4v) is 4.37. The molecule has 0 fully saturated rings. The Morgan fingerprint density at radius 1 is 0.933 bits per heavy atom. The van der Waals surface area contributed by atoms with Gasteiger partial charge < -0.3 is 9.80 Å². The normalized spacial score (nSPS) is 17.4. The van der Waals surface area contributed by atoms with E-state index in [9.17, 15) is 0 Å². The van der Waals surface area contributed by atoms with Crippen molar-refractivity contribution < 1.29 is 0 Å². The topological polar surface area (TPSA) is 13.0 Å². The van der Waals surface area contributed by atoms with Gasteiger partial charge >= 0.3 is 0 Å². The predicted octanol–water partition coefficient (Wildman–Crippen LogP) is 3.47. The lowest BCUT2D eigenvalue weighted by Gasteiger charge is -2.42. The van der Waals surface area contributed by atoms with Crippen molar-refractivity contribution in [3.63, 3.8) is 0 Å². The molecule has 0 amide bonds. The lowest BCUT2D eigenvalue weighted by molar-refractivity contribution is 0.137. The molecular formula is C26H32N4. The minimum absolute atomic E-state index is 0.828. The van der Waals surface area contributed by atoms with Gasteiger partial charge in [0.25, 0.3) is 0 Å². The highest BCUT2D eigenvalue weighted by Crippen LogP contribution is 2.26. The summed E-state index contributed by atoms with van der Waals surface area (Å²) in [5.74, 6) is 6.72. The van der Waals surface area contributed by atoms with Crippen molar-refractivity contribution in [2.24, 2.45) is 0 Å². The van der Waals surface area contributed by atoms with Crippen LogP contribution >= 0.6 is 0 Å². The van der Waals surface area contributed by atoms with E-state index in [1.54, 1.807) is 11.3 Å². The molecule has 2 heterocycles. The SMILES string of the molecule is CN1CN(Cc2ccccc2)CC2=C1CCN(CC#Cc1ccc(N(C)C)cc1)C2. The first kappa shape index (κ1) is 20.5. The lowest BCUT2D eigenvalue weighted by Crippen LogP contribution is -2.47. The van der Waals surface area contributed by atoms with Crippen LogP contribution in [0.2, 0.25) is 0 Å². The molecule has 2 aromatic rings. The summed E-state index contributed by atoms with van der Waals surface area (Å²) in [4.78, 5) is 9.57. The monoisotopic (exact) mass is 400 g/mol. The molecule has 0 saturated heterocycles. The third kappa shape index (κ3) is 5.05. The van der Waals surface area contributed by atoms with Crippen LogP contribution in [0.3, 0.4) is 0 Å². The van der Waals surface area contributed by atoms with Crippen LogP contribution in [0.25, 0.3) is 0 Å². The molecule has 0 aromatic heterocycles. The van der Waals surface area contributed by atoms with Crippen LogP contribution in [0.5, 0.6) is 0 Å². The number of nitrogens with zero attached hydrogens (tertiary/aromatic N) is 4. The smallest absolute Gasteiger partial charge is 0.0706 e. The second-order valence-corrected chi connectivity index (χ2v) is 8.57. The zero-order valence-electron chi connectivity index (χ0n) is 18.4. The summed E-state index contributed by atoms with van der Waals surface area (Å²) < 4.78 is 0. The molecule has 0 aliphatic carbocycles. The van der Waals surface area contributed by atoms with E-state index in [1.807, 2.05) is 0 Å². The Morgan fingerprint density at radius 2 is 1.67 bits per heavy atom. The molecule has 0 saturated carbocycles. The Labute approximate surface area is 181 Å². The average molecular weight is 401 g/mol. The van der Waals surface area contributed by atoms with Crippen LogP contribution in [-0.2, 0) is 6.54 Å². The van der Waals surface area contributed by atoms with Crippen LogP contribution in [0.15, 0.2) is 65.9 Å². The molecule has 0 N–H and O–H groups in total. The molecule has 2 aromatic carbocycles. The second kappa shape index (κ2) is 9.38. The van der Waals surface area contributed by atoms with Gasteiger partial charge in [-0.2, -0.15) is 0 Å². The highest BCUT2D eigenvalue weighted by atomic mass is 15.3. The van der Waals surface area contributed by atoms with Crippen molar-refractivity contribution in [2.75, 3.05) is 58.9 Å². The molecule has 0 spiro atoms. The molecule has 156 valence electrons. The van der Waals surface area contributed by atoms with E-state index in [2.05, 4.69) is 107 Å². The van der Waals surface area contributed by atoms with Crippen LogP contribution in [0, 0.1) is 11.8 Å². The molecule has 2 aliphatic heterocycles. The zero-order chi connectivity index (χ0) is 20.9. The van der Waals surface area contributed by atoms with Gasteiger partial charge in [0.15, 0.2) is 0 Å². The Kier molecular flexibility index (Phi) is 6.42. The average Bonchev–Trinajstić information content (AvgIpc) is 2.75. The van der Waals surface area contributed by atoms with Gasteiger partial charge in [-0.3, -0.25) is 9.80 Å². The van der Waals surface area contributed by atoms with Crippen LogP contribution in [0.4, 0.5) is 5.69 Å². The summed E-state index contributed by atoms with van der Waals surface area (Å²) in [5.41, 5.74) is 6.78. The summed E-state index contributed by atoms with van der Waals surface area (Å²) in [6.45, 7) is 6.02. The van der Waals surface area contributed by atoms with E-state index in [-0.39, 0.29) is 0 Å². The van der Waals surface area contributed by atoms with E-state index in [0.717, 1.165) is 51.4 Å². The zero-order valence-corrected chi connectivity index (χ0v) is 18.4. The van der Waals surface area contributed by atoms with Gasteiger partial charge in [-0.15, -0.1) is 0 Å². The van der Waals surface area contributed by atoms with Crippen LogP contribution in [-0.4, -0.2) is 68.7 Å². The van der Waals surface area contributed by atoms with E-state index in [0.29, 0.717) is 0 Å². The van der Waals surface area contributed by atoms with E-state index >= 15 is 0 Å². The van der Waals surface area contributed by atoms with Crippen molar-refractivity contribution >= 4 is 5.69 Å². The number of anilines is 1. The van der Waals surface area contributed by atoms with Crippen molar-refractivity contribution in [3.8, 4) is 11.8 Å². The molecule has 4 heteroatoms. The van der Waals surface area contributed by atoms with Gasteiger partial charge in [-0.25, -0.2) is 0 Å². The van der Waals surface area contributed by atoms with Gasteiger partial charge in [0.1, 0.15) is 0 Å². The third-order valence-corrected chi connectivity index (χ3v) is 5.94. The molecule has 4 rings (SSSR count).